The van der Waals surface area contributed by atoms with Gasteiger partial charge in [-0.3, -0.25) is 9.69 Å². The van der Waals surface area contributed by atoms with Gasteiger partial charge >= 0.3 is 0 Å². The van der Waals surface area contributed by atoms with Crippen LogP contribution in [-0.2, 0) is 15.1 Å². The zero-order chi connectivity index (χ0) is 13.0. The fourth-order valence-electron chi connectivity index (χ4n) is 2.04. The van der Waals surface area contributed by atoms with Crippen molar-refractivity contribution in [3.63, 3.8) is 0 Å². The number of ether oxygens (including phenoxy) is 1. The van der Waals surface area contributed by atoms with Crippen LogP contribution in [0.25, 0.3) is 0 Å². The van der Waals surface area contributed by atoms with E-state index in [1.165, 1.54) is 23.5 Å². The molecule has 0 N–H and O–H groups in total. The van der Waals surface area contributed by atoms with Gasteiger partial charge in [-0.2, -0.15) is 0 Å². The lowest BCUT2D eigenvalue weighted by Gasteiger charge is -2.28. The molecule has 1 aromatic carbocycles. The number of benzene rings is 1. The Labute approximate surface area is 119 Å². The Bertz CT molecular complexity index is 511. The highest BCUT2D eigenvalue weighted by molar-refractivity contribution is 8.36. The third-order valence-electron chi connectivity index (χ3n) is 3.03. The van der Waals surface area contributed by atoms with Crippen LogP contribution in [0.5, 0.6) is 0 Å². The van der Waals surface area contributed by atoms with Crippen LogP contribution in [-0.4, -0.2) is 32.7 Å². The van der Waals surface area contributed by atoms with Gasteiger partial charge < -0.3 is 4.74 Å². The van der Waals surface area contributed by atoms with Crippen molar-refractivity contribution in [1.82, 2.24) is 4.90 Å². The molecule has 2 aliphatic heterocycles. The van der Waals surface area contributed by atoms with Gasteiger partial charge in [0.1, 0.15) is 0 Å². The summed E-state index contributed by atoms with van der Waals surface area (Å²) in [7, 11) is 3.78. The van der Waals surface area contributed by atoms with Gasteiger partial charge in [0.2, 0.25) is 15.1 Å². The maximum absolute atomic E-state index is 12.4. The first-order chi connectivity index (χ1) is 8.51. The number of carbonyl (C=O) groups excluding carboxylic acids is 1. The Kier molecular flexibility index (Phi) is 2.84. The molecule has 3 nitrogen and oxygen atoms in total. The highest BCUT2D eigenvalue weighted by Crippen LogP contribution is 2.64. The van der Waals surface area contributed by atoms with Crippen molar-refractivity contribution in [2.45, 2.75) is 9.99 Å². The second-order valence-electron chi connectivity index (χ2n) is 4.35. The van der Waals surface area contributed by atoms with Gasteiger partial charge in [0.05, 0.1) is 4.20 Å². The van der Waals surface area contributed by atoms with Crippen molar-refractivity contribution < 1.29 is 9.53 Å². The maximum Gasteiger partial charge on any atom is 0.236 e. The lowest BCUT2D eigenvalue weighted by atomic mass is 9.97. The first-order valence-corrected chi connectivity index (χ1v) is 7.45. The molecule has 2 saturated heterocycles. The van der Waals surface area contributed by atoms with Crippen LogP contribution in [0.15, 0.2) is 30.3 Å². The molecule has 0 aliphatic carbocycles. The number of carbonyl (C=O) groups is 1. The minimum atomic E-state index is -1.06. The van der Waals surface area contributed by atoms with Crippen LogP contribution in [0.3, 0.4) is 0 Å². The van der Waals surface area contributed by atoms with Crippen molar-refractivity contribution in [2.75, 3.05) is 14.1 Å². The molecule has 2 fully saturated rings. The maximum atomic E-state index is 12.4. The summed E-state index contributed by atoms with van der Waals surface area (Å²) < 4.78 is 5.98. The molecule has 3 rings (SSSR count). The van der Waals surface area contributed by atoms with E-state index in [2.05, 4.69) is 0 Å². The van der Waals surface area contributed by atoms with Crippen molar-refractivity contribution >= 4 is 45.1 Å². The average Bonchev–Trinajstić information content (AvgIpc) is 2.81. The van der Waals surface area contributed by atoms with Gasteiger partial charge in [0, 0.05) is 0 Å². The van der Waals surface area contributed by atoms with Gasteiger partial charge in [-0.05, 0) is 31.4 Å². The standard InChI is InChI=1S/C12H11NO2S3/c1-13(2)12-15-11(9(14)17-12,10(16)18-12)8-6-4-3-5-7-8/h3-7H,1-2H3. The molecule has 2 heterocycles. The second-order valence-corrected chi connectivity index (χ2v) is 7.57. The van der Waals surface area contributed by atoms with Crippen LogP contribution in [0, 0.1) is 0 Å². The summed E-state index contributed by atoms with van der Waals surface area (Å²) in [6.45, 7) is 0. The topological polar surface area (TPSA) is 29.5 Å². The normalized spacial score (nSPS) is 34.6. The van der Waals surface area contributed by atoms with Crippen molar-refractivity contribution in [3.8, 4) is 0 Å². The first-order valence-electron chi connectivity index (χ1n) is 5.41. The van der Waals surface area contributed by atoms with E-state index in [0.717, 1.165) is 5.56 Å². The fraction of sp³-hybridized carbons (Fsp3) is 0.333. The molecular formula is C12H11NO2S3. The van der Waals surface area contributed by atoms with Crippen LogP contribution < -0.4 is 0 Å². The molecule has 18 heavy (non-hydrogen) atoms. The second kappa shape index (κ2) is 4.05. The van der Waals surface area contributed by atoms with E-state index < -0.39 is 9.99 Å². The monoisotopic (exact) mass is 297 g/mol. The Balaban J connectivity index is 2.13. The largest absolute Gasteiger partial charge is 0.315 e. The Morgan fingerprint density at radius 1 is 1.22 bits per heavy atom. The molecule has 6 heteroatoms. The third-order valence-corrected chi connectivity index (χ3v) is 6.42. The van der Waals surface area contributed by atoms with Crippen LogP contribution in [0.1, 0.15) is 5.56 Å². The lowest BCUT2D eigenvalue weighted by Crippen LogP contribution is -2.36. The van der Waals surface area contributed by atoms with Gasteiger partial charge in [-0.15, -0.1) is 0 Å². The molecule has 1 aromatic rings. The van der Waals surface area contributed by atoms with Gasteiger partial charge in [0.25, 0.3) is 0 Å². The lowest BCUT2D eigenvalue weighted by molar-refractivity contribution is -0.129. The number of thiocarbonyl (C=S) groups is 1. The molecule has 2 atom stereocenters. The summed E-state index contributed by atoms with van der Waals surface area (Å²) in [4.78, 5) is 14.3. The third kappa shape index (κ3) is 1.47. The smallest absolute Gasteiger partial charge is 0.236 e. The first kappa shape index (κ1) is 12.6. The summed E-state index contributed by atoms with van der Waals surface area (Å²) in [5, 5.41) is -0.0221. The predicted octanol–water partition coefficient (Wildman–Crippen LogP) is 2.42. The fourth-order valence-corrected chi connectivity index (χ4v) is 5.53. The van der Waals surface area contributed by atoms with E-state index in [0.29, 0.717) is 4.20 Å². The summed E-state index contributed by atoms with van der Waals surface area (Å²) in [6, 6.07) is 9.49. The molecule has 0 amide bonds. The Morgan fingerprint density at radius 2 is 1.89 bits per heavy atom. The number of hydrogen-bond acceptors (Lipinski definition) is 6. The molecule has 2 unspecified atom stereocenters. The van der Waals surface area contributed by atoms with E-state index in [-0.39, 0.29) is 5.12 Å². The number of rotatable bonds is 2. The van der Waals surface area contributed by atoms with Crippen molar-refractivity contribution in [2.24, 2.45) is 0 Å². The molecule has 2 bridgehead atoms. The van der Waals surface area contributed by atoms with Crippen LogP contribution in [0.4, 0.5) is 0 Å². The Morgan fingerprint density at radius 3 is 2.44 bits per heavy atom. The zero-order valence-corrected chi connectivity index (χ0v) is 12.3. The van der Waals surface area contributed by atoms with Crippen molar-refractivity contribution in [3.05, 3.63) is 35.9 Å². The summed E-state index contributed by atoms with van der Waals surface area (Å²) in [5.74, 6) is 0. The number of fused-ring (bicyclic) bond motifs is 2. The molecule has 0 spiro atoms. The van der Waals surface area contributed by atoms with E-state index >= 15 is 0 Å². The number of nitrogens with zero attached hydrogens (tertiary/aromatic N) is 1. The van der Waals surface area contributed by atoms with Crippen LogP contribution >= 0.6 is 35.7 Å². The molecule has 0 aromatic heterocycles. The van der Waals surface area contributed by atoms with Gasteiger partial charge in [0.15, 0.2) is 0 Å². The average molecular weight is 297 g/mol. The van der Waals surface area contributed by atoms with E-state index in [4.69, 9.17) is 17.0 Å². The highest BCUT2D eigenvalue weighted by atomic mass is 32.2. The minimum absolute atomic E-state index is 0.0221. The van der Waals surface area contributed by atoms with E-state index in [9.17, 15) is 4.79 Å². The summed E-state index contributed by atoms with van der Waals surface area (Å²) in [5.41, 5.74) is -0.239. The number of thioether (sulfide) groups is 2. The molecule has 94 valence electrons. The van der Waals surface area contributed by atoms with Crippen LogP contribution in [0.2, 0.25) is 0 Å². The van der Waals surface area contributed by atoms with Crippen molar-refractivity contribution in [1.29, 1.82) is 0 Å². The van der Waals surface area contributed by atoms with Gasteiger partial charge in [-0.25, -0.2) is 0 Å². The zero-order valence-electron chi connectivity index (χ0n) is 9.88. The summed E-state index contributed by atoms with van der Waals surface area (Å²) >= 11 is 8.06. The molecule has 0 saturated carbocycles. The van der Waals surface area contributed by atoms with E-state index in [1.54, 1.807) is 0 Å². The quantitative estimate of drug-likeness (QED) is 0.779. The minimum Gasteiger partial charge on any atom is -0.315 e. The van der Waals surface area contributed by atoms with Gasteiger partial charge in [-0.1, -0.05) is 54.3 Å². The summed E-state index contributed by atoms with van der Waals surface area (Å²) in [6.07, 6.45) is 0. The SMILES string of the molecule is CN(C)C12OC(c3ccccc3)(C(=O)S1)C(=S)S2. The molecule has 2 aliphatic rings. The molecular weight excluding hydrogens is 286 g/mol. The molecule has 0 radical (unpaired) electrons. The Hall–Kier alpha value is -0.400. The predicted molar refractivity (Wildman–Crippen MR) is 78.4 cm³/mol. The van der Waals surface area contributed by atoms with E-state index in [1.807, 2.05) is 49.3 Å². The number of hydrogen-bond donors (Lipinski definition) is 0. The highest BCUT2D eigenvalue weighted by Gasteiger charge is 2.68.